The lowest BCUT2D eigenvalue weighted by Crippen LogP contribution is -1.96. The van der Waals surface area contributed by atoms with Gasteiger partial charge < -0.3 is 9.72 Å². The van der Waals surface area contributed by atoms with E-state index in [1.165, 1.54) is 0 Å². The van der Waals surface area contributed by atoms with Crippen molar-refractivity contribution in [3.8, 4) is 23.1 Å². The average Bonchev–Trinajstić information content (AvgIpc) is 2.82. The fraction of sp³-hybridized carbons (Fsp3) is 0.286. The van der Waals surface area contributed by atoms with E-state index in [1.54, 1.807) is 13.3 Å². The molecule has 2 rings (SSSR count). The standard InChI is InChI=1S/C14H15N3O/c1-8-5-12(18-4)9(2)10(3)14(8)11-7-16-13(6-15)17-11/h5,7H,1-4H3,(H,16,17). The van der Waals surface area contributed by atoms with Crippen LogP contribution in [0.25, 0.3) is 11.3 Å². The lowest BCUT2D eigenvalue weighted by molar-refractivity contribution is 0.411. The summed E-state index contributed by atoms with van der Waals surface area (Å²) in [6.07, 6.45) is 1.69. The molecular formula is C14H15N3O. The summed E-state index contributed by atoms with van der Waals surface area (Å²) >= 11 is 0. The van der Waals surface area contributed by atoms with Gasteiger partial charge in [0.15, 0.2) is 0 Å². The van der Waals surface area contributed by atoms with Crippen molar-refractivity contribution in [2.75, 3.05) is 7.11 Å². The molecular weight excluding hydrogens is 226 g/mol. The van der Waals surface area contributed by atoms with Crippen LogP contribution in [-0.4, -0.2) is 17.1 Å². The first kappa shape index (κ1) is 12.2. The number of aromatic nitrogens is 2. The third-order valence-electron chi connectivity index (χ3n) is 3.22. The van der Waals surface area contributed by atoms with Gasteiger partial charge in [-0.3, -0.25) is 0 Å². The van der Waals surface area contributed by atoms with Gasteiger partial charge in [-0.15, -0.1) is 0 Å². The van der Waals surface area contributed by atoms with E-state index >= 15 is 0 Å². The predicted molar refractivity (Wildman–Crippen MR) is 69.5 cm³/mol. The van der Waals surface area contributed by atoms with Crippen molar-refractivity contribution < 1.29 is 4.74 Å². The second kappa shape index (κ2) is 4.53. The van der Waals surface area contributed by atoms with Crippen molar-refractivity contribution in [3.05, 3.63) is 34.8 Å². The maximum Gasteiger partial charge on any atom is 0.210 e. The number of hydrogen-bond donors (Lipinski definition) is 1. The summed E-state index contributed by atoms with van der Waals surface area (Å²) in [4.78, 5) is 7.03. The highest BCUT2D eigenvalue weighted by molar-refractivity contribution is 5.71. The molecule has 0 bridgehead atoms. The van der Waals surface area contributed by atoms with Gasteiger partial charge in [0.05, 0.1) is 19.0 Å². The van der Waals surface area contributed by atoms with Gasteiger partial charge in [0.25, 0.3) is 0 Å². The number of methoxy groups -OCH3 is 1. The average molecular weight is 241 g/mol. The van der Waals surface area contributed by atoms with E-state index in [9.17, 15) is 0 Å². The van der Waals surface area contributed by atoms with E-state index in [2.05, 4.69) is 9.97 Å². The highest BCUT2D eigenvalue weighted by Gasteiger charge is 2.14. The van der Waals surface area contributed by atoms with Crippen LogP contribution in [0.15, 0.2) is 12.3 Å². The molecule has 0 aliphatic rings. The number of aromatic amines is 1. The van der Waals surface area contributed by atoms with Gasteiger partial charge in [-0.25, -0.2) is 4.98 Å². The van der Waals surface area contributed by atoms with Crippen molar-refractivity contribution in [3.63, 3.8) is 0 Å². The zero-order valence-electron chi connectivity index (χ0n) is 11.0. The van der Waals surface area contributed by atoms with Crippen LogP contribution in [0.2, 0.25) is 0 Å². The molecule has 1 aromatic carbocycles. The summed E-state index contributed by atoms with van der Waals surface area (Å²) in [7, 11) is 1.67. The number of nitrogens with one attached hydrogen (secondary N) is 1. The molecule has 0 atom stereocenters. The molecule has 92 valence electrons. The Bertz CT molecular complexity index is 635. The molecule has 0 aliphatic carbocycles. The summed E-state index contributed by atoms with van der Waals surface area (Å²) in [5.41, 5.74) is 5.30. The third-order valence-corrected chi connectivity index (χ3v) is 3.22. The Hall–Kier alpha value is -2.28. The van der Waals surface area contributed by atoms with E-state index in [-0.39, 0.29) is 0 Å². The molecule has 0 radical (unpaired) electrons. The summed E-state index contributed by atoms with van der Waals surface area (Å²) in [5.74, 6) is 1.21. The molecule has 0 amide bonds. The largest absolute Gasteiger partial charge is 0.496 e. The molecule has 0 saturated heterocycles. The molecule has 0 spiro atoms. The number of nitrogens with zero attached hydrogens (tertiary/aromatic N) is 2. The van der Waals surface area contributed by atoms with Crippen LogP contribution < -0.4 is 4.74 Å². The molecule has 0 fully saturated rings. The number of hydrogen-bond acceptors (Lipinski definition) is 3. The maximum atomic E-state index is 8.81. The van der Waals surface area contributed by atoms with Crippen molar-refractivity contribution >= 4 is 0 Å². The van der Waals surface area contributed by atoms with Crippen molar-refractivity contribution in [1.82, 2.24) is 9.97 Å². The summed E-state index contributed by atoms with van der Waals surface area (Å²) in [6, 6.07) is 4.01. The minimum atomic E-state index is 0.331. The Morgan fingerprint density at radius 1 is 1.28 bits per heavy atom. The number of ether oxygens (including phenoxy) is 1. The molecule has 18 heavy (non-hydrogen) atoms. The Morgan fingerprint density at radius 3 is 2.56 bits per heavy atom. The van der Waals surface area contributed by atoms with Crippen LogP contribution in [-0.2, 0) is 0 Å². The van der Waals surface area contributed by atoms with Gasteiger partial charge in [0.1, 0.15) is 11.8 Å². The topological polar surface area (TPSA) is 61.7 Å². The Kier molecular flexibility index (Phi) is 3.07. The fourth-order valence-electron chi connectivity index (χ4n) is 2.18. The summed E-state index contributed by atoms with van der Waals surface area (Å²) < 4.78 is 5.35. The monoisotopic (exact) mass is 241 g/mol. The lowest BCUT2D eigenvalue weighted by atomic mass is 9.95. The number of nitriles is 1. The number of benzene rings is 1. The number of imidazole rings is 1. The molecule has 4 nitrogen and oxygen atoms in total. The quantitative estimate of drug-likeness (QED) is 0.879. The molecule has 2 aromatic rings. The second-order valence-corrected chi connectivity index (χ2v) is 4.28. The minimum Gasteiger partial charge on any atom is -0.496 e. The van der Waals surface area contributed by atoms with Gasteiger partial charge in [-0.05, 0) is 43.5 Å². The fourth-order valence-corrected chi connectivity index (χ4v) is 2.18. The Labute approximate surface area is 106 Å². The molecule has 0 aliphatic heterocycles. The highest BCUT2D eigenvalue weighted by Crippen LogP contribution is 2.33. The van der Waals surface area contributed by atoms with E-state index in [0.29, 0.717) is 5.82 Å². The highest BCUT2D eigenvalue weighted by atomic mass is 16.5. The second-order valence-electron chi connectivity index (χ2n) is 4.28. The van der Waals surface area contributed by atoms with Gasteiger partial charge in [-0.2, -0.15) is 5.26 Å². The molecule has 4 heteroatoms. The molecule has 1 aromatic heterocycles. The number of rotatable bonds is 2. The number of H-pyrrole nitrogens is 1. The molecule has 1 heterocycles. The van der Waals surface area contributed by atoms with Crippen LogP contribution in [0.1, 0.15) is 22.5 Å². The SMILES string of the molecule is COc1cc(C)c(-c2cnc(C#N)[nH]2)c(C)c1C. The van der Waals surface area contributed by atoms with Gasteiger partial charge >= 0.3 is 0 Å². The van der Waals surface area contributed by atoms with Crippen LogP contribution in [0.3, 0.4) is 0 Å². The first-order chi connectivity index (χ1) is 8.58. The van der Waals surface area contributed by atoms with Gasteiger partial charge in [0, 0.05) is 5.56 Å². The van der Waals surface area contributed by atoms with E-state index < -0.39 is 0 Å². The zero-order valence-corrected chi connectivity index (χ0v) is 11.0. The summed E-state index contributed by atoms with van der Waals surface area (Å²) in [6.45, 7) is 6.10. The van der Waals surface area contributed by atoms with Crippen LogP contribution >= 0.6 is 0 Å². The predicted octanol–water partition coefficient (Wildman–Crippen LogP) is 2.88. The maximum absolute atomic E-state index is 8.81. The first-order valence-electron chi connectivity index (χ1n) is 5.68. The van der Waals surface area contributed by atoms with Crippen LogP contribution in [0.4, 0.5) is 0 Å². The minimum absolute atomic E-state index is 0.331. The normalized spacial score (nSPS) is 10.2. The first-order valence-corrected chi connectivity index (χ1v) is 5.68. The van der Waals surface area contributed by atoms with Crippen molar-refractivity contribution in [2.24, 2.45) is 0 Å². The van der Waals surface area contributed by atoms with E-state index in [0.717, 1.165) is 33.7 Å². The van der Waals surface area contributed by atoms with E-state index in [4.69, 9.17) is 10.00 Å². The van der Waals surface area contributed by atoms with Crippen LogP contribution in [0.5, 0.6) is 5.75 Å². The lowest BCUT2D eigenvalue weighted by Gasteiger charge is -2.14. The Morgan fingerprint density at radius 2 is 2.00 bits per heavy atom. The van der Waals surface area contributed by atoms with Crippen LogP contribution in [0, 0.1) is 32.1 Å². The molecule has 0 unspecified atom stereocenters. The molecule has 1 N–H and O–H groups in total. The zero-order chi connectivity index (χ0) is 13.3. The molecule has 0 saturated carbocycles. The van der Waals surface area contributed by atoms with E-state index in [1.807, 2.05) is 32.9 Å². The number of aryl methyl sites for hydroxylation is 1. The third kappa shape index (κ3) is 1.84. The van der Waals surface area contributed by atoms with Gasteiger partial charge in [0.2, 0.25) is 5.82 Å². The summed E-state index contributed by atoms with van der Waals surface area (Å²) in [5, 5.41) is 8.81. The van der Waals surface area contributed by atoms with Crippen molar-refractivity contribution in [2.45, 2.75) is 20.8 Å². The smallest absolute Gasteiger partial charge is 0.210 e. The van der Waals surface area contributed by atoms with Crippen molar-refractivity contribution in [1.29, 1.82) is 5.26 Å². The van der Waals surface area contributed by atoms with Gasteiger partial charge in [-0.1, -0.05) is 0 Å². The Balaban J connectivity index is 2.65.